The molecule has 0 radical (unpaired) electrons. The van der Waals surface area contributed by atoms with E-state index < -0.39 is 0 Å². The average molecular weight is 480 g/mol. The zero-order valence-corrected chi connectivity index (χ0v) is 20.2. The van der Waals surface area contributed by atoms with Crippen LogP contribution in [0.1, 0.15) is 22.3 Å². The van der Waals surface area contributed by atoms with Gasteiger partial charge in [-0.25, -0.2) is 4.79 Å². The Bertz CT molecular complexity index is 1040. The van der Waals surface area contributed by atoms with Gasteiger partial charge in [-0.1, -0.05) is 30.3 Å². The lowest BCUT2D eigenvalue weighted by atomic mass is 10.1. The monoisotopic (exact) mass is 479 g/mol. The van der Waals surface area contributed by atoms with Gasteiger partial charge in [0.25, 0.3) is 5.91 Å². The highest BCUT2D eigenvalue weighted by atomic mass is 16.5. The van der Waals surface area contributed by atoms with E-state index in [1.807, 2.05) is 47.4 Å². The predicted molar refractivity (Wildman–Crippen MR) is 135 cm³/mol. The molecule has 2 aromatic carbocycles. The highest BCUT2D eigenvalue weighted by Gasteiger charge is 2.24. The van der Waals surface area contributed by atoms with E-state index in [1.165, 1.54) is 7.11 Å². The molecule has 2 fully saturated rings. The Balaban J connectivity index is 1.57. The molecule has 2 aromatic rings. The van der Waals surface area contributed by atoms with Crippen LogP contribution in [0.5, 0.6) is 0 Å². The van der Waals surface area contributed by atoms with Gasteiger partial charge in [-0.2, -0.15) is 0 Å². The Morgan fingerprint density at radius 1 is 0.914 bits per heavy atom. The number of nitrogens with zero attached hydrogens (tertiary/aromatic N) is 3. The lowest BCUT2D eigenvalue weighted by molar-refractivity contribution is -0.115. The van der Waals surface area contributed by atoms with E-state index in [0.29, 0.717) is 44.0 Å². The number of amides is 3. The highest BCUT2D eigenvalue weighted by molar-refractivity contribution is 6.00. The summed E-state index contributed by atoms with van der Waals surface area (Å²) in [5.74, 6) is -0.181. The quantitative estimate of drug-likeness (QED) is 0.683. The fourth-order valence-corrected chi connectivity index (χ4v) is 4.54. The zero-order valence-electron chi connectivity index (χ0n) is 20.2. The van der Waals surface area contributed by atoms with Gasteiger partial charge in [0, 0.05) is 57.9 Å². The Hall–Kier alpha value is -3.59. The van der Waals surface area contributed by atoms with Crippen LogP contribution >= 0.6 is 0 Å². The van der Waals surface area contributed by atoms with Crippen LogP contribution in [0.2, 0.25) is 0 Å². The number of ether oxygens (including phenoxy) is 1. The largest absolute Gasteiger partial charge is 0.453 e. The third-order valence-corrected chi connectivity index (χ3v) is 6.40. The number of methoxy groups -OCH3 is 1. The van der Waals surface area contributed by atoms with E-state index in [-0.39, 0.29) is 24.3 Å². The van der Waals surface area contributed by atoms with E-state index in [2.05, 4.69) is 15.5 Å². The third-order valence-electron chi connectivity index (χ3n) is 6.40. The molecule has 0 atom stereocenters. The van der Waals surface area contributed by atoms with Gasteiger partial charge < -0.3 is 30.1 Å². The maximum absolute atomic E-state index is 13.1. The van der Waals surface area contributed by atoms with Crippen molar-refractivity contribution in [3.8, 4) is 0 Å². The number of hydrogen-bond donors (Lipinski definition) is 2. The van der Waals surface area contributed by atoms with Crippen LogP contribution in [0.15, 0.2) is 48.5 Å². The number of hydrogen-bond acceptors (Lipinski definition) is 6. The number of carbonyl (C=O) groups is 3. The molecule has 186 valence electrons. The Morgan fingerprint density at radius 3 is 2.43 bits per heavy atom. The molecule has 2 saturated heterocycles. The van der Waals surface area contributed by atoms with Gasteiger partial charge in [0.1, 0.15) is 0 Å². The van der Waals surface area contributed by atoms with Gasteiger partial charge in [0.2, 0.25) is 5.91 Å². The summed E-state index contributed by atoms with van der Waals surface area (Å²) in [5, 5.41) is 6.31. The van der Waals surface area contributed by atoms with Crippen molar-refractivity contribution >= 4 is 29.3 Å². The lowest BCUT2D eigenvalue weighted by Crippen LogP contribution is -2.46. The highest BCUT2D eigenvalue weighted by Crippen LogP contribution is 2.29. The number of rotatable bonds is 5. The maximum Gasteiger partial charge on any atom is 0.409 e. The van der Waals surface area contributed by atoms with Crippen LogP contribution in [-0.4, -0.2) is 87.2 Å². The first-order valence-electron chi connectivity index (χ1n) is 12.1. The fraction of sp³-hybridized carbons (Fsp3) is 0.423. The molecule has 2 N–H and O–H groups in total. The zero-order chi connectivity index (χ0) is 24.6. The topological polar surface area (TPSA) is 94.2 Å². The predicted octanol–water partition coefficient (Wildman–Crippen LogP) is 2.19. The molecule has 4 rings (SSSR count). The maximum atomic E-state index is 13.1. The molecule has 9 heteroatoms. The number of nitrogens with one attached hydrogen (secondary N) is 2. The summed E-state index contributed by atoms with van der Waals surface area (Å²) in [7, 11) is 1.39. The lowest BCUT2D eigenvalue weighted by Gasteiger charge is -2.29. The molecule has 0 aliphatic carbocycles. The Morgan fingerprint density at radius 2 is 1.69 bits per heavy atom. The van der Waals surface area contributed by atoms with Gasteiger partial charge in [-0.3, -0.25) is 9.59 Å². The summed E-state index contributed by atoms with van der Waals surface area (Å²) in [4.78, 5) is 43.8. The van der Waals surface area contributed by atoms with Crippen LogP contribution in [0.4, 0.5) is 16.2 Å². The van der Waals surface area contributed by atoms with Crippen molar-refractivity contribution < 1.29 is 19.1 Å². The van der Waals surface area contributed by atoms with Gasteiger partial charge in [0.05, 0.1) is 24.9 Å². The molecule has 0 aromatic heterocycles. The second-order valence-electron chi connectivity index (χ2n) is 8.78. The molecule has 9 nitrogen and oxygen atoms in total. The molecule has 35 heavy (non-hydrogen) atoms. The molecule has 0 spiro atoms. The molecule has 2 heterocycles. The first kappa shape index (κ1) is 24.5. The van der Waals surface area contributed by atoms with Crippen LogP contribution in [0.25, 0.3) is 0 Å². The molecule has 0 saturated carbocycles. The smallest absolute Gasteiger partial charge is 0.409 e. The van der Waals surface area contributed by atoms with Crippen LogP contribution < -0.4 is 15.5 Å². The number of anilines is 2. The molecule has 3 amide bonds. The van der Waals surface area contributed by atoms with Crippen LogP contribution in [0, 0.1) is 0 Å². The van der Waals surface area contributed by atoms with E-state index in [9.17, 15) is 14.4 Å². The molecular formula is C26H33N5O4. The van der Waals surface area contributed by atoms with Crippen molar-refractivity contribution in [1.82, 2.24) is 15.1 Å². The van der Waals surface area contributed by atoms with Crippen LogP contribution in [0.3, 0.4) is 0 Å². The molecular weight excluding hydrogens is 446 g/mol. The summed E-state index contributed by atoms with van der Waals surface area (Å²) >= 11 is 0. The summed E-state index contributed by atoms with van der Waals surface area (Å²) in [5.41, 5.74) is 2.92. The molecule has 0 unspecified atom stereocenters. The van der Waals surface area contributed by atoms with Gasteiger partial charge in [-0.15, -0.1) is 0 Å². The summed E-state index contributed by atoms with van der Waals surface area (Å²) < 4.78 is 4.88. The number of piperazine rings is 1. The second-order valence-corrected chi connectivity index (χ2v) is 8.78. The summed E-state index contributed by atoms with van der Waals surface area (Å²) in [6, 6.07) is 15.1. The first-order chi connectivity index (χ1) is 17.0. The van der Waals surface area contributed by atoms with E-state index in [0.717, 1.165) is 37.3 Å². The SMILES string of the molecule is COC(=O)N1CCCN(c2ccc(C(=O)N3CCNCC3)cc2NC(=O)Cc2ccccc2)CC1. The minimum absolute atomic E-state index is 0.0376. The van der Waals surface area contributed by atoms with Crippen molar-refractivity contribution in [1.29, 1.82) is 0 Å². The van der Waals surface area contributed by atoms with Crippen molar-refractivity contribution in [3.63, 3.8) is 0 Å². The van der Waals surface area contributed by atoms with Crippen molar-refractivity contribution in [2.45, 2.75) is 12.8 Å². The van der Waals surface area contributed by atoms with E-state index >= 15 is 0 Å². The van der Waals surface area contributed by atoms with Gasteiger partial charge in [-0.05, 0) is 30.2 Å². The molecule has 2 aliphatic rings. The van der Waals surface area contributed by atoms with Crippen LogP contribution in [-0.2, 0) is 16.0 Å². The Labute approximate surface area is 206 Å². The van der Waals surface area contributed by atoms with E-state index in [4.69, 9.17) is 4.74 Å². The fourth-order valence-electron chi connectivity index (χ4n) is 4.54. The average Bonchev–Trinajstić information content (AvgIpc) is 3.15. The standard InChI is InChI=1S/C26H33N5O4/c1-35-26(34)31-13-5-12-29(16-17-31)23-9-8-21(25(33)30-14-10-27-11-15-30)19-22(23)28-24(32)18-20-6-3-2-4-7-20/h2-4,6-9,19,27H,5,10-18H2,1H3,(H,28,32). The number of benzene rings is 2. The normalized spacial score (nSPS) is 16.4. The van der Waals surface area contributed by atoms with Crippen molar-refractivity contribution in [3.05, 3.63) is 59.7 Å². The van der Waals surface area contributed by atoms with Crippen molar-refractivity contribution in [2.24, 2.45) is 0 Å². The van der Waals surface area contributed by atoms with Crippen molar-refractivity contribution in [2.75, 3.05) is 69.7 Å². The second kappa shape index (κ2) is 11.7. The minimum Gasteiger partial charge on any atom is -0.453 e. The summed E-state index contributed by atoms with van der Waals surface area (Å²) in [6.45, 7) is 5.31. The van der Waals surface area contributed by atoms with Gasteiger partial charge in [0.15, 0.2) is 0 Å². The summed E-state index contributed by atoms with van der Waals surface area (Å²) in [6.07, 6.45) is 0.681. The minimum atomic E-state index is -0.333. The number of carbonyl (C=O) groups excluding carboxylic acids is 3. The van der Waals surface area contributed by atoms with E-state index in [1.54, 1.807) is 11.0 Å². The molecule has 2 aliphatic heterocycles. The Kier molecular flexibility index (Phi) is 8.20. The third kappa shape index (κ3) is 6.30. The first-order valence-corrected chi connectivity index (χ1v) is 12.1. The van der Waals surface area contributed by atoms with Gasteiger partial charge >= 0.3 is 6.09 Å². The molecule has 0 bridgehead atoms.